The van der Waals surface area contributed by atoms with Crippen LogP contribution in [0.25, 0.3) is 0 Å². The average Bonchev–Trinajstić information content (AvgIpc) is 3.00. The molecule has 234 valence electrons. The van der Waals surface area contributed by atoms with E-state index >= 15 is 0 Å². The smallest absolute Gasteiger partial charge is 0.253 e. The van der Waals surface area contributed by atoms with Gasteiger partial charge in [-0.25, -0.2) is 0 Å². The van der Waals surface area contributed by atoms with Crippen molar-refractivity contribution in [2.45, 2.75) is 74.6 Å². The van der Waals surface area contributed by atoms with E-state index in [0.29, 0.717) is 5.56 Å². The highest BCUT2D eigenvalue weighted by molar-refractivity contribution is 6.33. The molecule has 0 aromatic heterocycles. The van der Waals surface area contributed by atoms with Crippen molar-refractivity contribution in [1.82, 2.24) is 5.32 Å². The molecule has 0 bridgehead atoms. The molecule has 2 aromatic carbocycles. The zero-order valence-corrected chi connectivity index (χ0v) is 23.6. The third-order valence-electron chi connectivity index (χ3n) is 7.37. The predicted octanol–water partition coefficient (Wildman–Crippen LogP) is -0.587. The van der Waals surface area contributed by atoms with E-state index in [9.17, 15) is 35.1 Å². The van der Waals surface area contributed by atoms with Crippen molar-refractivity contribution in [3.63, 3.8) is 0 Å². The first kappa shape index (κ1) is 31.7. The topological polar surface area (TPSA) is 206 Å². The van der Waals surface area contributed by atoms with Crippen molar-refractivity contribution >= 4 is 29.1 Å². The van der Waals surface area contributed by atoms with Crippen LogP contribution in [0.1, 0.15) is 29.1 Å². The summed E-state index contributed by atoms with van der Waals surface area (Å²) in [5.74, 6) is -1.14. The van der Waals surface area contributed by atoms with Crippen LogP contribution in [-0.4, -0.2) is 112 Å². The highest BCUT2D eigenvalue weighted by atomic mass is 35.5. The fraction of sp³-hybridized carbons (Fsp3) is 0.500. The number of hydrogen-bond donors (Lipinski definition) is 7. The predicted molar refractivity (Wildman–Crippen MR) is 147 cm³/mol. The van der Waals surface area contributed by atoms with Crippen molar-refractivity contribution in [3.8, 4) is 0 Å². The van der Waals surface area contributed by atoms with Gasteiger partial charge in [-0.2, -0.15) is 0 Å². The second-order valence-electron chi connectivity index (χ2n) is 10.4. The van der Waals surface area contributed by atoms with Crippen LogP contribution >= 0.6 is 11.6 Å². The summed E-state index contributed by atoms with van der Waals surface area (Å²) in [4.78, 5) is 24.3. The number of benzene rings is 2. The van der Waals surface area contributed by atoms with Gasteiger partial charge in [0.2, 0.25) is 5.91 Å². The largest absolute Gasteiger partial charge is 0.394 e. The van der Waals surface area contributed by atoms with Crippen molar-refractivity contribution in [2.75, 3.05) is 18.5 Å². The molecule has 0 saturated carbocycles. The molecular weight excluding hydrogens is 592 g/mol. The number of halogens is 1. The second kappa shape index (κ2) is 13.5. The zero-order chi connectivity index (χ0) is 30.8. The van der Waals surface area contributed by atoms with Crippen LogP contribution in [0.2, 0.25) is 5.02 Å². The molecule has 11 atom stereocenters. The molecule has 2 aromatic rings. The van der Waals surface area contributed by atoms with Crippen LogP contribution in [0.15, 0.2) is 48.5 Å². The van der Waals surface area contributed by atoms with E-state index in [2.05, 4.69) is 10.6 Å². The molecule has 3 aliphatic rings. The van der Waals surface area contributed by atoms with Crippen LogP contribution in [0.3, 0.4) is 0 Å². The van der Waals surface area contributed by atoms with Gasteiger partial charge in [0, 0.05) is 18.1 Å². The number of rotatable bonds is 7. The number of ether oxygens (including phenoxy) is 5. The summed E-state index contributed by atoms with van der Waals surface area (Å²) >= 11 is 6.06. The van der Waals surface area contributed by atoms with Gasteiger partial charge in [0.25, 0.3) is 5.91 Å². The fourth-order valence-electron chi connectivity index (χ4n) is 5.16. The molecule has 3 saturated heterocycles. The first-order chi connectivity index (χ1) is 20.6. The maximum Gasteiger partial charge on any atom is 0.253 e. The van der Waals surface area contributed by atoms with Crippen molar-refractivity contribution in [2.24, 2.45) is 0 Å². The maximum atomic E-state index is 12.9. The molecule has 1 unspecified atom stereocenters. The van der Waals surface area contributed by atoms with E-state index in [0.717, 1.165) is 0 Å². The minimum absolute atomic E-state index is 0.00784. The number of carbonyl (C=O) groups is 2. The monoisotopic (exact) mass is 624 g/mol. The molecule has 3 fully saturated rings. The van der Waals surface area contributed by atoms with Crippen molar-refractivity contribution < 1.29 is 58.8 Å². The lowest BCUT2D eigenvalue weighted by atomic mass is 9.96. The molecule has 5 rings (SSSR count). The van der Waals surface area contributed by atoms with Crippen LogP contribution < -0.4 is 10.6 Å². The Bertz CT molecular complexity index is 1280. The summed E-state index contributed by atoms with van der Waals surface area (Å²) in [5, 5.41) is 58.5. The highest BCUT2D eigenvalue weighted by Gasteiger charge is 2.53. The van der Waals surface area contributed by atoms with Gasteiger partial charge in [0.1, 0.15) is 48.8 Å². The molecule has 14 nitrogen and oxygen atoms in total. The summed E-state index contributed by atoms with van der Waals surface area (Å²) in [6, 6.07) is 13.1. The molecule has 3 heterocycles. The van der Waals surface area contributed by atoms with Crippen molar-refractivity contribution in [3.05, 3.63) is 64.7 Å². The third-order valence-corrected chi connectivity index (χ3v) is 7.70. The number of carbonyl (C=O) groups excluding carboxylic acids is 2. The van der Waals surface area contributed by atoms with Gasteiger partial charge in [-0.15, -0.1) is 0 Å². The maximum absolute atomic E-state index is 12.9. The SMILES string of the molecule is CC(=O)Nc1cc(C(=O)N[C@@H]2O[C@H](CO)[C@@H](O[C@H]3O[C@@H]4COC(c5ccccc5)O[C@H]4[C@H](O)[C@H]3O)[C@H](O)[C@H]2O)ccc1Cl. The standard InChI is InChI=1S/C28H33ClN2O12/c1-12(33)30-16-9-14(7-8-15(16)29)25(38)31-26-21(36)19(34)23(17(10-32)40-26)43-28-22(37)20(35)24-18(41-28)11-39-27(42-24)13-5-3-2-4-6-13/h2-9,17-24,26-28,32,34-37H,10-11H2,1H3,(H,30,33)(H,31,38)/t17-,18-,19-,20-,21-,22-,23-,24-,26-,27?,28-/m1/s1. The van der Waals surface area contributed by atoms with E-state index in [4.69, 9.17) is 35.3 Å². The number of aliphatic hydroxyl groups excluding tert-OH is 5. The summed E-state index contributed by atoms with van der Waals surface area (Å²) < 4.78 is 28.8. The normalized spacial score (nSPS) is 35.9. The van der Waals surface area contributed by atoms with Gasteiger partial charge < -0.3 is 59.9 Å². The summed E-state index contributed by atoms with van der Waals surface area (Å²) in [6.45, 7) is 0.557. The Hall–Kier alpha value is -2.73. The van der Waals surface area contributed by atoms with E-state index < -0.39 is 86.1 Å². The summed E-state index contributed by atoms with van der Waals surface area (Å²) in [6.07, 6.45) is -14.9. The van der Waals surface area contributed by atoms with Crippen LogP contribution in [-0.2, 0) is 28.5 Å². The molecular formula is C28H33ClN2O12. The molecule has 43 heavy (non-hydrogen) atoms. The average molecular weight is 625 g/mol. The zero-order valence-electron chi connectivity index (χ0n) is 22.9. The third kappa shape index (κ3) is 6.84. The number of amides is 2. The Morgan fingerprint density at radius 3 is 2.42 bits per heavy atom. The molecule has 0 aliphatic carbocycles. The van der Waals surface area contributed by atoms with Crippen molar-refractivity contribution in [1.29, 1.82) is 0 Å². The van der Waals surface area contributed by atoms with E-state index in [1.54, 1.807) is 12.1 Å². The lowest BCUT2D eigenvalue weighted by Gasteiger charge is -2.48. The van der Waals surface area contributed by atoms with Gasteiger partial charge in [-0.1, -0.05) is 41.9 Å². The number of hydrogen-bond acceptors (Lipinski definition) is 12. The van der Waals surface area contributed by atoms with Gasteiger partial charge >= 0.3 is 0 Å². The Balaban J connectivity index is 1.23. The minimum atomic E-state index is -1.75. The number of anilines is 1. The Morgan fingerprint density at radius 1 is 0.977 bits per heavy atom. The lowest BCUT2D eigenvalue weighted by molar-refractivity contribution is -0.379. The van der Waals surface area contributed by atoms with E-state index in [1.807, 2.05) is 18.2 Å². The molecule has 2 amide bonds. The first-order valence-electron chi connectivity index (χ1n) is 13.6. The molecule has 7 N–H and O–H groups in total. The number of nitrogens with one attached hydrogen (secondary N) is 2. The van der Waals surface area contributed by atoms with E-state index in [-0.39, 0.29) is 22.9 Å². The minimum Gasteiger partial charge on any atom is -0.394 e. The quantitative estimate of drug-likeness (QED) is 0.206. The van der Waals surface area contributed by atoms with Crippen LogP contribution in [0.5, 0.6) is 0 Å². The van der Waals surface area contributed by atoms with Gasteiger partial charge in [-0.3, -0.25) is 9.59 Å². The van der Waals surface area contributed by atoms with Gasteiger partial charge in [0.15, 0.2) is 18.8 Å². The molecule has 0 spiro atoms. The van der Waals surface area contributed by atoms with E-state index in [1.165, 1.54) is 25.1 Å². The first-order valence-corrected chi connectivity index (χ1v) is 13.9. The Morgan fingerprint density at radius 2 is 1.72 bits per heavy atom. The number of aliphatic hydroxyl groups is 5. The molecule has 15 heteroatoms. The van der Waals surface area contributed by atoms with Gasteiger partial charge in [0.05, 0.1) is 23.9 Å². The van der Waals surface area contributed by atoms with Gasteiger partial charge in [-0.05, 0) is 18.2 Å². The Kier molecular flexibility index (Phi) is 9.95. The summed E-state index contributed by atoms with van der Waals surface area (Å²) in [7, 11) is 0. The van der Waals surface area contributed by atoms with Crippen LogP contribution in [0, 0.1) is 0 Å². The molecule has 0 radical (unpaired) electrons. The number of fused-ring (bicyclic) bond motifs is 1. The fourth-order valence-corrected chi connectivity index (χ4v) is 5.33. The summed E-state index contributed by atoms with van der Waals surface area (Å²) in [5.41, 5.74) is 0.966. The second-order valence-corrected chi connectivity index (χ2v) is 10.8. The lowest BCUT2D eigenvalue weighted by Crippen LogP contribution is -2.67. The molecule has 3 aliphatic heterocycles. The highest BCUT2D eigenvalue weighted by Crippen LogP contribution is 2.36. The Labute approximate surface area is 251 Å². The van der Waals surface area contributed by atoms with Crippen LogP contribution in [0.4, 0.5) is 5.69 Å².